The van der Waals surface area contributed by atoms with Gasteiger partial charge in [-0.1, -0.05) is 34.1 Å². The van der Waals surface area contributed by atoms with Crippen LogP contribution in [0.15, 0.2) is 0 Å². The molecule has 0 spiro atoms. The molecule has 2 saturated heterocycles. The zero-order valence-electron chi connectivity index (χ0n) is 12.9. The molecule has 0 aromatic heterocycles. The van der Waals surface area contributed by atoms with Crippen molar-refractivity contribution in [2.45, 2.75) is 59.8 Å². The molecule has 2 aliphatic heterocycles. The molecular formula is C15H33N3. The highest BCUT2D eigenvalue weighted by atomic mass is 15.4. The first-order valence-corrected chi connectivity index (χ1v) is 7.57. The summed E-state index contributed by atoms with van der Waals surface area (Å²) in [7, 11) is 0. The summed E-state index contributed by atoms with van der Waals surface area (Å²) in [6, 6.07) is 0. The van der Waals surface area contributed by atoms with Crippen molar-refractivity contribution in [3.8, 4) is 0 Å². The van der Waals surface area contributed by atoms with E-state index in [2.05, 4.69) is 33.0 Å². The van der Waals surface area contributed by atoms with Crippen LogP contribution < -0.4 is 11.2 Å². The second-order valence-electron chi connectivity index (χ2n) is 7.11. The van der Waals surface area contributed by atoms with Gasteiger partial charge in [0.25, 0.3) is 0 Å². The van der Waals surface area contributed by atoms with Crippen LogP contribution in [0.1, 0.15) is 59.8 Å². The minimum atomic E-state index is 0.579. The van der Waals surface area contributed by atoms with E-state index in [9.17, 15) is 0 Å². The summed E-state index contributed by atoms with van der Waals surface area (Å²) in [4.78, 5) is 0. The fraction of sp³-hybridized carbons (Fsp3) is 1.00. The van der Waals surface area contributed by atoms with E-state index in [1.807, 2.05) is 5.01 Å². The third-order valence-corrected chi connectivity index (χ3v) is 4.82. The van der Waals surface area contributed by atoms with Crippen LogP contribution in [0.4, 0.5) is 0 Å². The highest BCUT2D eigenvalue weighted by Crippen LogP contribution is 2.32. The zero-order chi connectivity index (χ0) is 13.6. The van der Waals surface area contributed by atoms with Crippen LogP contribution in [0.2, 0.25) is 0 Å². The molecule has 2 fully saturated rings. The lowest BCUT2D eigenvalue weighted by atomic mass is 9.79. The van der Waals surface area contributed by atoms with Crippen LogP contribution in [0, 0.1) is 10.8 Å². The van der Waals surface area contributed by atoms with Gasteiger partial charge in [-0.3, -0.25) is 5.84 Å². The Morgan fingerprint density at radius 3 is 1.83 bits per heavy atom. The van der Waals surface area contributed by atoms with Gasteiger partial charge in [0.15, 0.2) is 0 Å². The lowest BCUT2D eigenvalue weighted by Gasteiger charge is -2.36. The number of nitrogens with two attached hydrogens (primary N) is 1. The predicted octanol–water partition coefficient (Wildman–Crippen LogP) is 2.77. The molecule has 2 heterocycles. The Morgan fingerprint density at radius 1 is 1.00 bits per heavy atom. The monoisotopic (exact) mass is 255 g/mol. The summed E-state index contributed by atoms with van der Waals surface area (Å²) >= 11 is 0. The average Bonchev–Trinajstić information content (AvgIpc) is 2.34. The summed E-state index contributed by atoms with van der Waals surface area (Å²) in [5.41, 5.74) is 1.20. The second-order valence-corrected chi connectivity index (χ2v) is 7.11. The molecular weight excluding hydrogens is 222 g/mol. The number of hydrogen-bond donors (Lipinski definition) is 2. The molecule has 108 valence electrons. The minimum absolute atomic E-state index is 0.579. The summed E-state index contributed by atoms with van der Waals surface area (Å²) in [5, 5.41) is 5.27. The molecule has 3 nitrogen and oxygen atoms in total. The Bertz CT molecular complexity index is 222. The van der Waals surface area contributed by atoms with E-state index in [0.717, 1.165) is 13.1 Å². The predicted molar refractivity (Wildman–Crippen MR) is 79.3 cm³/mol. The fourth-order valence-electron chi connectivity index (χ4n) is 2.52. The van der Waals surface area contributed by atoms with Gasteiger partial charge in [-0.15, -0.1) is 0 Å². The molecule has 0 unspecified atom stereocenters. The van der Waals surface area contributed by atoms with Crippen molar-refractivity contribution in [1.29, 1.82) is 0 Å². The van der Waals surface area contributed by atoms with Crippen LogP contribution in [-0.2, 0) is 0 Å². The van der Waals surface area contributed by atoms with Crippen LogP contribution >= 0.6 is 0 Å². The van der Waals surface area contributed by atoms with Gasteiger partial charge in [0.1, 0.15) is 0 Å². The number of nitrogens with zero attached hydrogens (tertiary/aromatic N) is 1. The lowest BCUT2D eigenvalue weighted by molar-refractivity contribution is 0.116. The molecule has 3 heteroatoms. The van der Waals surface area contributed by atoms with E-state index in [0.29, 0.717) is 10.8 Å². The molecule has 0 atom stereocenters. The van der Waals surface area contributed by atoms with Gasteiger partial charge >= 0.3 is 0 Å². The SMILES string of the molecule is CC1(C)CCNCC1.CCC1(C)CCN(N)CC1. The van der Waals surface area contributed by atoms with Crippen molar-refractivity contribution in [1.82, 2.24) is 10.3 Å². The van der Waals surface area contributed by atoms with E-state index in [1.54, 1.807) is 0 Å². The second kappa shape index (κ2) is 6.88. The number of hydrogen-bond acceptors (Lipinski definition) is 3. The van der Waals surface area contributed by atoms with Crippen LogP contribution in [0.5, 0.6) is 0 Å². The van der Waals surface area contributed by atoms with Crippen LogP contribution in [0.3, 0.4) is 0 Å². The smallest absolute Gasteiger partial charge is 0.0133 e. The number of nitrogens with one attached hydrogen (secondary N) is 1. The first-order chi connectivity index (χ1) is 8.37. The molecule has 0 aromatic carbocycles. The normalized spacial score (nSPS) is 27.2. The fourth-order valence-corrected chi connectivity index (χ4v) is 2.52. The van der Waals surface area contributed by atoms with E-state index >= 15 is 0 Å². The van der Waals surface area contributed by atoms with Crippen LogP contribution in [-0.4, -0.2) is 31.2 Å². The molecule has 2 rings (SSSR count). The number of rotatable bonds is 1. The topological polar surface area (TPSA) is 41.3 Å². The zero-order valence-corrected chi connectivity index (χ0v) is 12.9. The third-order valence-electron chi connectivity index (χ3n) is 4.82. The molecule has 0 radical (unpaired) electrons. The molecule has 0 aromatic rings. The van der Waals surface area contributed by atoms with Crippen molar-refractivity contribution >= 4 is 0 Å². The molecule has 0 saturated carbocycles. The largest absolute Gasteiger partial charge is 0.317 e. The van der Waals surface area contributed by atoms with E-state index < -0.39 is 0 Å². The van der Waals surface area contributed by atoms with Crippen LogP contribution in [0.25, 0.3) is 0 Å². The molecule has 0 aliphatic carbocycles. The van der Waals surface area contributed by atoms with Crippen molar-refractivity contribution in [2.75, 3.05) is 26.2 Å². The quantitative estimate of drug-likeness (QED) is 0.708. The van der Waals surface area contributed by atoms with Crippen molar-refractivity contribution in [2.24, 2.45) is 16.7 Å². The molecule has 3 N–H and O–H groups in total. The molecule has 18 heavy (non-hydrogen) atoms. The van der Waals surface area contributed by atoms with Crippen molar-refractivity contribution in [3.63, 3.8) is 0 Å². The maximum absolute atomic E-state index is 5.64. The molecule has 0 amide bonds. The van der Waals surface area contributed by atoms with Crippen molar-refractivity contribution < 1.29 is 0 Å². The van der Waals surface area contributed by atoms with Gasteiger partial charge in [0, 0.05) is 13.1 Å². The Balaban J connectivity index is 0.000000184. The third kappa shape index (κ3) is 5.68. The minimum Gasteiger partial charge on any atom is -0.317 e. The van der Waals surface area contributed by atoms with E-state index in [-0.39, 0.29) is 0 Å². The summed E-state index contributed by atoms with van der Waals surface area (Å²) < 4.78 is 0. The van der Waals surface area contributed by atoms with Gasteiger partial charge in [-0.05, 0) is 49.6 Å². The maximum atomic E-state index is 5.64. The Labute approximate surface area is 113 Å². The highest BCUT2D eigenvalue weighted by molar-refractivity contribution is 4.79. The van der Waals surface area contributed by atoms with Gasteiger partial charge in [-0.25, -0.2) is 5.01 Å². The summed E-state index contributed by atoms with van der Waals surface area (Å²) in [6.45, 7) is 13.9. The standard InChI is InChI=1S/C8H18N2.C7H15N/c1-3-8(2)4-6-10(9)7-5-8;1-7(2)3-5-8-6-4-7/h3-7,9H2,1-2H3;8H,3-6H2,1-2H3. The number of piperidine rings is 2. The van der Waals surface area contributed by atoms with E-state index in [4.69, 9.17) is 5.84 Å². The first-order valence-electron chi connectivity index (χ1n) is 7.57. The Morgan fingerprint density at radius 2 is 1.50 bits per heavy atom. The number of hydrazine groups is 1. The van der Waals surface area contributed by atoms with Gasteiger partial charge in [0.05, 0.1) is 0 Å². The lowest BCUT2D eigenvalue weighted by Crippen LogP contribution is -2.42. The molecule has 0 bridgehead atoms. The average molecular weight is 255 g/mol. The summed E-state index contributed by atoms with van der Waals surface area (Å²) in [6.07, 6.45) is 6.50. The Hall–Kier alpha value is -0.120. The van der Waals surface area contributed by atoms with Gasteiger partial charge in [-0.2, -0.15) is 0 Å². The Kier molecular flexibility index (Phi) is 6.09. The van der Waals surface area contributed by atoms with Gasteiger partial charge in [0.2, 0.25) is 0 Å². The highest BCUT2D eigenvalue weighted by Gasteiger charge is 2.26. The maximum Gasteiger partial charge on any atom is 0.0133 e. The molecule has 2 aliphatic rings. The first kappa shape index (κ1) is 15.9. The van der Waals surface area contributed by atoms with E-state index in [1.165, 1.54) is 45.2 Å². The van der Waals surface area contributed by atoms with Gasteiger partial charge < -0.3 is 5.32 Å². The summed E-state index contributed by atoms with van der Waals surface area (Å²) in [5.74, 6) is 5.64. The van der Waals surface area contributed by atoms with Crippen molar-refractivity contribution in [3.05, 3.63) is 0 Å².